The van der Waals surface area contributed by atoms with E-state index < -0.39 is 0 Å². The van der Waals surface area contributed by atoms with Crippen LogP contribution < -0.4 is 0 Å². The summed E-state index contributed by atoms with van der Waals surface area (Å²) in [6.07, 6.45) is 8.71. The van der Waals surface area contributed by atoms with Gasteiger partial charge >= 0.3 is 0 Å². The highest BCUT2D eigenvalue weighted by atomic mass is 15.0. The Kier molecular flexibility index (Phi) is 4.19. The van der Waals surface area contributed by atoms with Gasteiger partial charge in [0.05, 0.1) is 12.0 Å². The normalized spacial score (nSPS) is 10.8. The highest BCUT2D eigenvalue weighted by Crippen LogP contribution is 2.16. The average molecular weight is 242 g/mol. The summed E-state index contributed by atoms with van der Waals surface area (Å²) in [5.41, 5.74) is 5.58. The van der Waals surface area contributed by atoms with Gasteiger partial charge in [0.2, 0.25) is 0 Å². The quantitative estimate of drug-likeness (QED) is 0.732. The van der Waals surface area contributed by atoms with Crippen LogP contribution in [0.2, 0.25) is 0 Å². The second kappa shape index (κ2) is 5.85. The van der Waals surface area contributed by atoms with Crippen molar-refractivity contribution in [1.82, 2.24) is 9.55 Å². The first-order chi connectivity index (χ1) is 8.66. The van der Waals surface area contributed by atoms with Crippen molar-refractivity contribution in [2.24, 2.45) is 7.05 Å². The van der Waals surface area contributed by atoms with Gasteiger partial charge in [-0.05, 0) is 56.2 Å². The fourth-order valence-electron chi connectivity index (χ4n) is 2.45. The zero-order valence-corrected chi connectivity index (χ0v) is 11.6. The molecule has 1 aromatic heterocycles. The van der Waals surface area contributed by atoms with Gasteiger partial charge in [0.25, 0.3) is 0 Å². The number of hydrogen-bond donors (Lipinski definition) is 0. The summed E-state index contributed by atoms with van der Waals surface area (Å²) >= 11 is 0. The van der Waals surface area contributed by atoms with E-state index in [9.17, 15) is 0 Å². The summed E-state index contributed by atoms with van der Waals surface area (Å²) in [5, 5.41) is 0. The van der Waals surface area contributed by atoms with Crippen molar-refractivity contribution < 1.29 is 0 Å². The van der Waals surface area contributed by atoms with Crippen molar-refractivity contribution in [2.45, 2.75) is 39.5 Å². The first kappa shape index (κ1) is 12.9. The second-order valence-corrected chi connectivity index (χ2v) is 5.11. The lowest BCUT2D eigenvalue weighted by molar-refractivity contribution is 0.720. The van der Waals surface area contributed by atoms with E-state index in [4.69, 9.17) is 0 Å². The number of unbranched alkanes of at least 4 members (excludes halogenated alkanes) is 1. The van der Waals surface area contributed by atoms with E-state index in [1.54, 1.807) is 0 Å². The Morgan fingerprint density at radius 3 is 2.33 bits per heavy atom. The number of aryl methyl sites for hydroxylation is 4. The van der Waals surface area contributed by atoms with Crippen molar-refractivity contribution in [3.05, 3.63) is 53.1 Å². The number of benzene rings is 1. The lowest BCUT2D eigenvalue weighted by Gasteiger charge is -2.08. The van der Waals surface area contributed by atoms with Gasteiger partial charge in [-0.3, -0.25) is 0 Å². The van der Waals surface area contributed by atoms with Crippen LogP contribution in [0.15, 0.2) is 30.7 Å². The lowest BCUT2D eigenvalue weighted by Crippen LogP contribution is -1.95. The minimum Gasteiger partial charge on any atom is -0.340 e. The third kappa shape index (κ3) is 3.22. The first-order valence-electron chi connectivity index (χ1n) is 6.69. The summed E-state index contributed by atoms with van der Waals surface area (Å²) in [6.45, 7) is 4.42. The molecule has 2 rings (SSSR count). The summed E-state index contributed by atoms with van der Waals surface area (Å²) in [4.78, 5) is 4.36. The predicted molar refractivity (Wildman–Crippen MR) is 75.8 cm³/mol. The maximum absolute atomic E-state index is 4.36. The molecule has 0 saturated carbocycles. The number of aromatic nitrogens is 2. The first-order valence-corrected chi connectivity index (χ1v) is 6.69. The van der Waals surface area contributed by atoms with Crippen molar-refractivity contribution in [1.29, 1.82) is 0 Å². The zero-order valence-electron chi connectivity index (χ0n) is 11.6. The van der Waals surface area contributed by atoms with Gasteiger partial charge in [0.1, 0.15) is 0 Å². The number of imidazole rings is 1. The van der Waals surface area contributed by atoms with Crippen LogP contribution in [0.4, 0.5) is 0 Å². The summed E-state index contributed by atoms with van der Waals surface area (Å²) in [7, 11) is 2.02. The van der Waals surface area contributed by atoms with E-state index in [0.29, 0.717) is 0 Å². The molecular weight excluding hydrogens is 220 g/mol. The summed E-state index contributed by atoms with van der Waals surface area (Å²) in [5.74, 6) is 0. The van der Waals surface area contributed by atoms with E-state index in [0.717, 1.165) is 6.42 Å². The minimum atomic E-state index is 1.09. The SMILES string of the molecule is Cc1cccc(C)c1CCCCc1cn(C)cn1. The van der Waals surface area contributed by atoms with Gasteiger partial charge in [-0.15, -0.1) is 0 Å². The maximum Gasteiger partial charge on any atom is 0.0946 e. The molecule has 0 amide bonds. The van der Waals surface area contributed by atoms with Crippen molar-refractivity contribution in [2.75, 3.05) is 0 Å². The van der Waals surface area contributed by atoms with Gasteiger partial charge in [-0.25, -0.2) is 4.98 Å². The topological polar surface area (TPSA) is 17.8 Å². The fourth-order valence-corrected chi connectivity index (χ4v) is 2.45. The molecule has 0 aliphatic rings. The van der Waals surface area contributed by atoms with Crippen LogP contribution in [0.3, 0.4) is 0 Å². The predicted octanol–water partition coefficient (Wildman–Crippen LogP) is 3.60. The van der Waals surface area contributed by atoms with Crippen LogP contribution in [-0.2, 0) is 19.9 Å². The molecule has 0 unspecified atom stereocenters. The maximum atomic E-state index is 4.36. The Morgan fingerprint density at radius 2 is 1.72 bits per heavy atom. The molecule has 2 heteroatoms. The monoisotopic (exact) mass is 242 g/mol. The Labute approximate surface area is 110 Å². The molecule has 0 radical (unpaired) electrons. The van der Waals surface area contributed by atoms with Gasteiger partial charge < -0.3 is 4.57 Å². The highest BCUT2D eigenvalue weighted by Gasteiger charge is 2.02. The van der Waals surface area contributed by atoms with E-state index >= 15 is 0 Å². The molecule has 18 heavy (non-hydrogen) atoms. The van der Waals surface area contributed by atoms with Crippen LogP contribution in [0.5, 0.6) is 0 Å². The molecule has 0 fully saturated rings. The molecule has 2 nitrogen and oxygen atoms in total. The molecule has 0 N–H and O–H groups in total. The fraction of sp³-hybridized carbons (Fsp3) is 0.438. The average Bonchev–Trinajstić information content (AvgIpc) is 2.73. The molecule has 1 heterocycles. The van der Waals surface area contributed by atoms with Crippen LogP contribution in [-0.4, -0.2) is 9.55 Å². The van der Waals surface area contributed by atoms with E-state index in [1.165, 1.54) is 41.6 Å². The standard InChI is InChI=1S/C16H22N2/c1-13-7-6-8-14(2)16(13)10-5-4-9-15-11-18(3)12-17-15/h6-8,11-12H,4-5,9-10H2,1-3H3. The largest absolute Gasteiger partial charge is 0.340 e. The Balaban J connectivity index is 1.82. The second-order valence-electron chi connectivity index (χ2n) is 5.11. The van der Waals surface area contributed by atoms with Crippen LogP contribution in [0.1, 0.15) is 35.2 Å². The number of hydrogen-bond acceptors (Lipinski definition) is 1. The van der Waals surface area contributed by atoms with Crippen molar-refractivity contribution >= 4 is 0 Å². The van der Waals surface area contributed by atoms with Crippen LogP contribution in [0, 0.1) is 13.8 Å². The molecule has 0 atom stereocenters. The molecule has 96 valence electrons. The van der Waals surface area contributed by atoms with Gasteiger partial charge in [-0.1, -0.05) is 18.2 Å². The molecule has 1 aromatic carbocycles. The molecule has 2 aromatic rings. The lowest BCUT2D eigenvalue weighted by atomic mass is 9.97. The van der Waals surface area contributed by atoms with Gasteiger partial charge in [0.15, 0.2) is 0 Å². The van der Waals surface area contributed by atoms with E-state index in [1.807, 2.05) is 17.9 Å². The molecule has 0 aliphatic carbocycles. The molecule has 0 saturated heterocycles. The third-order valence-electron chi connectivity index (χ3n) is 3.51. The zero-order chi connectivity index (χ0) is 13.0. The van der Waals surface area contributed by atoms with E-state index in [-0.39, 0.29) is 0 Å². The van der Waals surface area contributed by atoms with Crippen LogP contribution >= 0.6 is 0 Å². The van der Waals surface area contributed by atoms with Crippen molar-refractivity contribution in [3.8, 4) is 0 Å². The minimum absolute atomic E-state index is 1.09. The molecule has 0 bridgehead atoms. The number of rotatable bonds is 5. The molecule has 0 spiro atoms. The highest BCUT2D eigenvalue weighted by molar-refractivity contribution is 5.33. The van der Waals surface area contributed by atoms with Crippen molar-refractivity contribution in [3.63, 3.8) is 0 Å². The van der Waals surface area contributed by atoms with Crippen LogP contribution in [0.25, 0.3) is 0 Å². The Morgan fingerprint density at radius 1 is 1.06 bits per heavy atom. The Hall–Kier alpha value is -1.57. The molecule has 0 aliphatic heterocycles. The smallest absolute Gasteiger partial charge is 0.0946 e. The Bertz CT molecular complexity index is 491. The van der Waals surface area contributed by atoms with E-state index in [2.05, 4.69) is 43.2 Å². The summed E-state index contributed by atoms with van der Waals surface area (Å²) < 4.78 is 2.01. The van der Waals surface area contributed by atoms with Gasteiger partial charge in [-0.2, -0.15) is 0 Å². The summed E-state index contributed by atoms with van der Waals surface area (Å²) in [6, 6.07) is 6.56. The number of nitrogens with zero attached hydrogens (tertiary/aromatic N) is 2. The van der Waals surface area contributed by atoms with Gasteiger partial charge in [0, 0.05) is 13.2 Å². The third-order valence-corrected chi connectivity index (χ3v) is 3.51. The molecular formula is C16H22N2.